The van der Waals surface area contributed by atoms with Gasteiger partial charge >= 0.3 is 0 Å². The van der Waals surface area contributed by atoms with Crippen LogP contribution < -0.4 is 15.1 Å². The highest BCUT2D eigenvalue weighted by atomic mass is 127. The number of hydrogen-bond donors (Lipinski definition) is 5. The van der Waals surface area contributed by atoms with Gasteiger partial charge in [0.1, 0.15) is 0 Å². The average molecular weight is 831 g/mol. The molecule has 1 aromatic carbocycles. The summed E-state index contributed by atoms with van der Waals surface area (Å²) < 4.78 is 1.72. The van der Waals surface area contributed by atoms with Gasteiger partial charge in [0.05, 0.1) is 53.1 Å². The van der Waals surface area contributed by atoms with E-state index in [-0.39, 0.29) is 44.0 Å². The number of carbonyl (C=O) groups excluding carboxylic acids is 3. The molecule has 0 bridgehead atoms. The van der Waals surface area contributed by atoms with Crippen LogP contribution in [0.2, 0.25) is 0 Å². The second-order valence-electron chi connectivity index (χ2n) is 7.89. The van der Waals surface area contributed by atoms with Crippen LogP contribution in [-0.2, 0) is 9.59 Å². The summed E-state index contributed by atoms with van der Waals surface area (Å²) >= 11 is 6.15. The number of amides is 3. The Kier molecular flexibility index (Phi) is 14.8. The van der Waals surface area contributed by atoms with Gasteiger partial charge in [-0.2, -0.15) is 0 Å². The van der Waals surface area contributed by atoms with E-state index >= 15 is 0 Å². The van der Waals surface area contributed by atoms with Crippen LogP contribution in [0.1, 0.15) is 49.9 Å². The van der Waals surface area contributed by atoms with E-state index in [1.54, 1.807) is 0 Å². The smallest absolute Gasteiger partial charge is 0.253 e. The lowest BCUT2D eigenvalue weighted by molar-refractivity contribution is -0.117. The third-order valence-electron chi connectivity index (χ3n) is 5.28. The van der Waals surface area contributed by atoms with Gasteiger partial charge in [-0.3, -0.25) is 14.4 Å². The fourth-order valence-electron chi connectivity index (χ4n) is 3.44. The highest BCUT2D eigenvalue weighted by Crippen LogP contribution is 2.43. The number of carbonyl (C=O) groups is 3. The summed E-state index contributed by atoms with van der Waals surface area (Å²) in [4.78, 5) is 41.3. The molecule has 0 spiro atoms. The Hall–Kier alpha value is -0.340. The fraction of sp³-hybridized carbons (Fsp3) is 0.591. The lowest BCUT2D eigenvalue weighted by Crippen LogP contribution is -2.36. The normalized spacial score (nSPS) is 12.7. The first-order valence-electron chi connectivity index (χ1n) is 11.0. The van der Waals surface area contributed by atoms with Crippen LogP contribution in [0.4, 0.5) is 11.4 Å². The van der Waals surface area contributed by atoms with Crippen LogP contribution in [0.5, 0.6) is 0 Å². The van der Waals surface area contributed by atoms with E-state index in [4.69, 9.17) is 10.2 Å². The lowest BCUT2D eigenvalue weighted by Gasteiger charge is -2.31. The largest absolute Gasteiger partial charge is 0.394 e. The second-order valence-corrected chi connectivity index (χ2v) is 11.1. The predicted octanol–water partition coefficient (Wildman–Crippen LogP) is 1.83. The van der Waals surface area contributed by atoms with Gasteiger partial charge in [-0.25, -0.2) is 0 Å². The maximum atomic E-state index is 12.9. The second kappa shape index (κ2) is 15.8. The van der Waals surface area contributed by atoms with E-state index < -0.39 is 12.2 Å². The quantitative estimate of drug-likeness (QED) is 0.191. The van der Waals surface area contributed by atoms with Gasteiger partial charge in [0.2, 0.25) is 11.8 Å². The van der Waals surface area contributed by atoms with Crippen molar-refractivity contribution in [1.29, 1.82) is 0 Å². The standard InChI is InChI=1S/C22H32I3N3O7/c1-12(31)27(8-4-6-14(33)10-29)20-17(23)16(22(35)26-3)18(24)21(19(20)25)28(13(2)32)9-5-7-15(34)11-30/h14-15,29-30,33-34H,4-11H2,1-3H3,(H,26,35). The first kappa shape index (κ1) is 32.7. The van der Waals surface area contributed by atoms with Crippen molar-refractivity contribution in [3.63, 3.8) is 0 Å². The Morgan fingerprint density at radius 1 is 0.800 bits per heavy atom. The first-order chi connectivity index (χ1) is 16.4. The van der Waals surface area contributed by atoms with Crippen molar-refractivity contribution < 1.29 is 34.8 Å². The van der Waals surface area contributed by atoms with Crippen molar-refractivity contribution >= 4 is 96.9 Å². The van der Waals surface area contributed by atoms with Crippen molar-refractivity contribution in [1.82, 2.24) is 5.32 Å². The molecule has 0 saturated carbocycles. The zero-order valence-electron chi connectivity index (χ0n) is 19.9. The molecule has 35 heavy (non-hydrogen) atoms. The summed E-state index contributed by atoms with van der Waals surface area (Å²) in [6.07, 6.45) is -0.366. The van der Waals surface area contributed by atoms with Crippen LogP contribution in [-0.4, -0.2) is 83.7 Å². The van der Waals surface area contributed by atoms with E-state index in [9.17, 15) is 24.6 Å². The number of aliphatic hydroxyl groups is 4. The Labute approximate surface area is 246 Å². The number of nitrogens with zero attached hydrogens (tertiary/aromatic N) is 2. The van der Waals surface area contributed by atoms with Crippen LogP contribution >= 0.6 is 67.8 Å². The zero-order chi connectivity index (χ0) is 26.9. The van der Waals surface area contributed by atoms with Crippen LogP contribution in [0, 0.1) is 10.7 Å². The number of rotatable bonds is 13. The number of aliphatic hydroxyl groups excluding tert-OH is 4. The summed E-state index contributed by atoms with van der Waals surface area (Å²) in [5, 5.41) is 40.2. The molecule has 3 amide bonds. The Morgan fingerprint density at radius 2 is 1.17 bits per heavy atom. The lowest BCUT2D eigenvalue weighted by atomic mass is 10.1. The van der Waals surface area contributed by atoms with Gasteiger partial charge in [0.15, 0.2) is 0 Å². The van der Waals surface area contributed by atoms with E-state index in [1.165, 1.54) is 30.7 Å². The predicted molar refractivity (Wildman–Crippen MR) is 159 cm³/mol. The Balaban J connectivity index is 3.69. The molecule has 0 saturated heterocycles. The van der Waals surface area contributed by atoms with Crippen molar-refractivity contribution in [3.05, 3.63) is 16.3 Å². The molecule has 5 N–H and O–H groups in total. The molecule has 10 nitrogen and oxygen atoms in total. The minimum Gasteiger partial charge on any atom is -0.394 e. The Morgan fingerprint density at radius 3 is 1.46 bits per heavy atom. The molecule has 0 heterocycles. The summed E-state index contributed by atoms with van der Waals surface area (Å²) in [5.74, 6) is -0.902. The molecule has 13 heteroatoms. The van der Waals surface area contributed by atoms with Gasteiger partial charge in [0.25, 0.3) is 5.91 Å². The summed E-state index contributed by atoms with van der Waals surface area (Å²) in [6.45, 7) is 2.56. The minimum absolute atomic E-state index is 0.244. The molecule has 0 radical (unpaired) electrons. The van der Waals surface area contributed by atoms with E-state index in [1.807, 2.05) is 45.2 Å². The van der Waals surface area contributed by atoms with Crippen molar-refractivity contribution in [2.24, 2.45) is 0 Å². The number of nitrogens with one attached hydrogen (secondary N) is 1. The van der Waals surface area contributed by atoms with Gasteiger partial charge in [-0.15, -0.1) is 0 Å². The molecular formula is C22H32I3N3O7. The van der Waals surface area contributed by atoms with Crippen molar-refractivity contribution in [2.75, 3.05) is 43.2 Å². The van der Waals surface area contributed by atoms with Gasteiger partial charge in [-0.1, -0.05) is 0 Å². The molecule has 2 unspecified atom stereocenters. The molecule has 0 aromatic heterocycles. The molecule has 0 aliphatic heterocycles. The summed E-state index contributed by atoms with van der Waals surface area (Å²) in [6, 6.07) is 0. The molecule has 1 rings (SSSR count). The average Bonchev–Trinajstić information content (AvgIpc) is 2.80. The molecule has 1 aromatic rings. The van der Waals surface area contributed by atoms with Crippen LogP contribution in [0.3, 0.4) is 0 Å². The highest BCUT2D eigenvalue weighted by molar-refractivity contribution is 14.1. The summed E-state index contributed by atoms with van der Waals surface area (Å²) in [5.41, 5.74) is 1.32. The van der Waals surface area contributed by atoms with E-state index in [0.29, 0.717) is 53.3 Å². The zero-order valence-corrected chi connectivity index (χ0v) is 26.3. The van der Waals surface area contributed by atoms with Crippen molar-refractivity contribution in [3.8, 4) is 0 Å². The molecule has 0 aliphatic rings. The minimum atomic E-state index is -0.891. The number of benzene rings is 1. The van der Waals surface area contributed by atoms with E-state index in [0.717, 1.165) is 0 Å². The third kappa shape index (κ3) is 8.87. The number of anilines is 2. The highest BCUT2D eigenvalue weighted by Gasteiger charge is 2.31. The Bertz CT molecular complexity index is 856. The topological polar surface area (TPSA) is 151 Å². The molecule has 2 atom stereocenters. The molecule has 0 aliphatic carbocycles. The number of halogens is 3. The SMILES string of the molecule is CNC(=O)c1c(I)c(N(CCCC(O)CO)C(C)=O)c(I)c(N(CCCC(O)CO)C(C)=O)c1I. The maximum Gasteiger partial charge on any atom is 0.253 e. The fourth-order valence-corrected chi connectivity index (χ4v) is 8.26. The van der Waals surface area contributed by atoms with E-state index in [2.05, 4.69) is 27.9 Å². The molecule has 0 fully saturated rings. The monoisotopic (exact) mass is 831 g/mol. The van der Waals surface area contributed by atoms with Gasteiger partial charge in [0, 0.05) is 34.0 Å². The van der Waals surface area contributed by atoms with Gasteiger partial charge in [-0.05, 0) is 93.5 Å². The van der Waals surface area contributed by atoms with Crippen LogP contribution in [0.15, 0.2) is 0 Å². The van der Waals surface area contributed by atoms with Gasteiger partial charge < -0.3 is 35.5 Å². The molecule has 198 valence electrons. The van der Waals surface area contributed by atoms with Crippen molar-refractivity contribution in [2.45, 2.75) is 51.7 Å². The first-order valence-corrected chi connectivity index (χ1v) is 14.2. The number of hydrogen-bond acceptors (Lipinski definition) is 7. The molecular weight excluding hydrogens is 799 g/mol. The maximum absolute atomic E-state index is 12.9. The van der Waals surface area contributed by atoms with Crippen LogP contribution in [0.25, 0.3) is 0 Å². The summed E-state index contributed by atoms with van der Waals surface area (Å²) in [7, 11) is 1.50. The third-order valence-corrected chi connectivity index (χ3v) is 8.41.